The largest absolute Gasteiger partial charge is 0.332 e. The van der Waals surface area contributed by atoms with Gasteiger partial charge in [0.2, 0.25) is 0 Å². The van der Waals surface area contributed by atoms with Crippen LogP contribution >= 0.6 is 0 Å². The first-order valence-electron chi connectivity index (χ1n) is 8.86. The number of aryl methyl sites for hydroxylation is 2. The fourth-order valence-corrected chi connectivity index (χ4v) is 2.57. The maximum Gasteiger partial charge on any atom is 0.332 e. The van der Waals surface area contributed by atoms with Crippen molar-refractivity contribution in [1.29, 1.82) is 0 Å². The van der Waals surface area contributed by atoms with Gasteiger partial charge in [-0.2, -0.15) is 0 Å². The zero-order valence-electron chi connectivity index (χ0n) is 16.1. The molecule has 0 unspecified atom stereocenters. The highest BCUT2D eigenvalue weighted by atomic mass is 19.1. The minimum atomic E-state index is -1.78. The maximum absolute atomic E-state index is 13.5. The van der Waals surface area contributed by atoms with Crippen molar-refractivity contribution in [2.75, 3.05) is 0 Å². The minimum Gasteiger partial charge on any atom is -0.325 e. The van der Waals surface area contributed by atoms with Crippen LogP contribution in [0.1, 0.15) is 49.2 Å². The summed E-state index contributed by atoms with van der Waals surface area (Å²) < 4.78 is 33.2. The Bertz CT molecular complexity index is 877. The monoisotopic (exact) mass is 326 g/mol. The summed E-state index contributed by atoms with van der Waals surface area (Å²) in [6.45, 7) is 3.05. The van der Waals surface area contributed by atoms with Gasteiger partial charge in [0.1, 0.15) is 5.67 Å². The molecule has 0 N–H and O–H groups in total. The molecule has 128 valence electrons. The summed E-state index contributed by atoms with van der Waals surface area (Å²) in [7, 11) is 1.50. The number of alkyl halides is 1. The molecule has 0 radical (unpaired) electrons. The first-order valence-corrected chi connectivity index (χ1v) is 7.86. The Morgan fingerprint density at radius 1 is 1.35 bits per heavy atom. The van der Waals surface area contributed by atoms with Crippen molar-refractivity contribution >= 4 is 11.2 Å². The van der Waals surface area contributed by atoms with Crippen LogP contribution in [0.3, 0.4) is 0 Å². The van der Waals surface area contributed by atoms with E-state index in [0.29, 0.717) is 19.3 Å². The van der Waals surface area contributed by atoms with Crippen LogP contribution in [0.5, 0.6) is 0 Å². The van der Waals surface area contributed by atoms with Crippen molar-refractivity contribution in [3.8, 4) is 0 Å². The highest BCUT2D eigenvalue weighted by Gasteiger charge is 2.17. The SMILES string of the molecule is [2H]C([2H])(CC)n1cnc2c1c(=O)n(CCCCC(C)(C)F)c(=O)n2C. The molecule has 2 rings (SSSR count). The fraction of sp³-hybridized carbons (Fsp3) is 0.688. The Balaban J connectivity index is 2.46. The molecule has 0 bridgehead atoms. The minimum absolute atomic E-state index is 0.0692. The summed E-state index contributed by atoms with van der Waals surface area (Å²) in [5.41, 5.74) is -2.12. The predicted molar refractivity (Wildman–Crippen MR) is 88.6 cm³/mol. The molecule has 2 aromatic rings. The molecule has 0 amide bonds. The van der Waals surface area contributed by atoms with Crippen LogP contribution in [0.15, 0.2) is 15.9 Å². The quantitative estimate of drug-likeness (QED) is 0.733. The van der Waals surface area contributed by atoms with Gasteiger partial charge in [-0.05, 0) is 39.5 Å². The summed E-state index contributed by atoms with van der Waals surface area (Å²) in [5, 5.41) is 0. The van der Waals surface area contributed by atoms with Gasteiger partial charge in [0.05, 0.1) is 6.33 Å². The maximum atomic E-state index is 13.5. The predicted octanol–water partition coefficient (Wildman–Crippen LogP) is 2.23. The molecule has 0 aromatic carbocycles. The van der Waals surface area contributed by atoms with E-state index in [9.17, 15) is 14.0 Å². The molecule has 0 spiro atoms. The summed E-state index contributed by atoms with van der Waals surface area (Å²) in [4.78, 5) is 29.3. The topological polar surface area (TPSA) is 61.8 Å². The molecule has 0 atom stereocenters. The van der Waals surface area contributed by atoms with E-state index in [1.165, 1.54) is 36.4 Å². The normalized spacial score (nSPS) is 14.1. The van der Waals surface area contributed by atoms with Gasteiger partial charge in [-0.1, -0.05) is 6.92 Å². The van der Waals surface area contributed by atoms with E-state index < -0.39 is 23.4 Å². The van der Waals surface area contributed by atoms with Crippen LogP contribution in [-0.4, -0.2) is 24.4 Å². The molecular formula is C16H25FN4O2. The van der Waals surface area contributed by atoms with E-state index in [-0.39, 0.29) is 24.1 Å². The smallest absolute Gasteiger partial charge is 0.325 e. The Kier molecular flexibility index (Phi) is 4.26. The van der Waals surface area contributed by atoms with Crippen LogP contribution < -0.4 is 11.2 Å². The average Bonchev–Trinajstić information content (AvgIpc) is 2.97. The second kappa shape index (κ2) is 6.68. The number of fused-ring (bicyclic) bond motifs is 1. The van der Waals surface area contributed by atoms with Gasteiger partial charge in [0, 0.05) is 22.8 Å². The van der Waals surface area contributed by atoms with E-state index in [0.717, 1.165) is 4.57 Å². The van der Waals surface area contributed by atoms with Gasteiger partial charge in [0.15, 0.2) is 11.2 Å². The lowest BCUT2D eigenvalue weighted by Crippen LogP contribution is -2.39. The van der Waals surface area contributed by atoms with Gasteiger partial charge >= 0.3 is 5.69 Å². The molecule has 6 nitrogen and oxygen atoms in total. The van der Waals surface area contributed by atoms with Crippen LogP contribution in [0.2, 0.25) is 0 Å². The number of unbranched alkanes of at least 4 members (excludes halogenated alkanes) is 1. The van der Waals surface area contributed by atoms with E-state index >= 15 is 0 Å². The molecule has 0 aliphatic heterocycles. The summed E-state index contributed by atoms with van der Waals surface area (Å²) in [5.74, 6) is 0. The Hall–Kier alpha value is -1.92. The highest BCUT2D eigenvalue weighted by molar-refractivity contribution is 5.69. The molecule has 0 aliphatic carbocycles. The van der Waals surface area contributed by atoms with Gasteiger partial charge < -0.3 is 4.57 Å². The second-order valence-corrected chi connectivity index (χ2v) is 6.27. The zero-order chi connectivity index (χ0) is 19.0. The third-order valence-electron chi connectivity index (χ3n) is 3.76. The molecule has 0 aliphatic rings. The third kappa shape index (κ3) is 3.71. The van der Waals surface area contributed by atoms with Crippen molar-refractivity contribution in [3.63, 3.8) is 0 Å². The molecule has 7 heteroatoms. The van der Waals surface area contributed by atoms with Crippen LogP contribution in [0.4, 0.5) is 4.39 Å². The van der Waals surface area contributed by atoms with Crippen LogP contribution in [0, 0.1) is 0 Å². The number of nitrogens with zero attached hydrogens (tertiary/aromatic N) is 4. The number of rotatable bonds is 7. The number of hydrogen-bond donors (Lipinski definition) is 0. The number of imidazole rings is 1. The van der Waals surface area contributed by atoms with Crippen LogP contribution in [0.25, 0.3) is 11.2 Å². The van der Waals surface area contributed by atoms with Crippen LogP contribution in [-0.2, 0) is 20.1 Å². The number of aromatic nitrogens is 4. The number of halogens is 1. The molecule has 0 saturated heterocycles. The Morgan fingerprint density at radius 2 is 2.04 bits per heavy atom. The standard InChI is InChI=1S/C16H25FN4O2/c1-5-9-20-11-18-13-12(20)14(22)21(15(23)19(13)4)10-7-6-8-16(2,3)17/h11H,5-10H2,1-4H3/i9D2. The van der Waals surface area contributed by atoms with Gasteiger partial charge in [-0.15, -0.1) is 0 Å². The van der Waals surface area contributed by atoms with Crippen molar-refractivity contribution in [2.45, 2.75) is 65.2 Å². The molecule has 2 aromatic heterocycles. The zero-order valence-corrected chi connectivity index (χ0v) is 14.1. The molecule has 23 heavy (non-hydrogen) atoms. The Morgan fingerprint density at radius 3 is 2.65 bits per heavy atom. The summed E-state index contributed by atoms with van der Waals surface area (Å²) >= 11 is 0. The van der Waals surface area contributed by atoms with E-state index in [2.05, 4.69) is 4.98 Å². The first kappa shape index (κ1) is 14.7. The third-order valence-corrected chi connectivity index (χ3v) is 3.76. The summed E-state index contributed by atoms with van der Waals surface area (Å²) in [6.07, 6.45) is 2.80. The van der Waals surface area contributed by atoms with E-state index in [4.69, 9.17) is 2.74 Å². The summed E-state index contributed by atoms with van der Waals surface area (Å²) in [6, 6.07) is 0. The van der Waals surface area contributed by atoms with Crippen molar-refractivity contribution in [2.24, 2.45) is 7.05 Å². The molecule has 2 heterocycles. The van der Waals surface area contributed by atoms with Gasteiger partial charge in [-0.3, -0.25) is 13.9 Å². The van der Waals surface area contributed by atoms with E-state index in [1.54, 1.807) is 6.92 Å². The van der Waals surface area contributed by atoms with Gasteiger partial charge in [0.25, 0.3) is 5.56 Å². The average molecular weight is 326 g/mol. The van der Waals surface area contributed by atoms with E-state index in [1.807, 2.05) is 0 Å². The fourth-order valence-electron chi connectivity index (χ4n) is 2.57. The lowest BCUT2D eigenvalue weighted by Gasteiger charge is -2.14. The molecule has 0 saturated carbocycles. The molecule has 0 fully saturated rings. The van der Waals surface area contributed by atoms with Crippen molar-refractivity contribution in [3.05, 3.63) is 27.2 Å². The van der Waals surface area contributed by atoms with Gasteiger partial charge in [-0.25, -0.2) is 14.2 Å². The highest BCUT2D eigenvalue weighted by Crippen LogP contribution is 2.17. The Labute approximate surface area is 137 Å². The van der Waals surface area contributed by atoms with Crippen molar-refractivity contribution in [1.82, 2.24) is 18.7 Å². The number of hydrogen-bond acceptors (Lipinski definition) is 3. The van der Waals surface area contributed by atoms with Crippen molar-refractivity contribution < 1.29 is 7.13 Å². The second-order valence-electron chi connectivity index (χ2n) is 6.27. The molecular weight excluding hydrogens is 299 g/mol. The lowest BCUT2D eigenvalue weighted by molar-refractivity contribution is 0.195. The lowest BCUT2D eigenvalue weighted by atomic mass is 10.0. The first-order chi connectivity index (χ1) is 11.5.